The molecule has 3 N–H and O–H groups in total. The van der Waals surface area contributed by atoms with Crippen LogP contribution >= 0.6 is 15.9 Å². The molecular weight excluding hydrogens is 286 g/mol. The molecule has 0 bridgehead atoms. The second-order valence-corrected chi connectivity index (χ2v) is 4.36. The number of carbonyl (C=O) groups is 1. The molecule has 1 amide bonds. The first kappa shape index (κ1) is 11.6. The number of hydrogen-bond donors (Lipinski definition) is 2. The van der Waals surface area contributed by atoms with Crippen LogP contribution in [-0.4, -0.2) is 20.7 Å². The van der Waals surface area contributed by atoms with Crippen molar-refractivity contribution < 1.29 is 4.79 Å². The first-order valence-electron chi connectivity index (χ1n) is 4.77. The van der Waals surface area contributed by atoms with Crippen LogP contribution in [0.4, 0.5) is 11.4 Å². The molecule has 0 aliphatic carbocycles. The summed E-state index contributed by atoms with van der Waals surface area (Å²) in [6.07, 6.45) is 4.95. The van der Waals surface area contributed by atoms with Crippen molar-refractivity contribution in [3.8, 4) is 0 Å². The van der Waals surface area contributed by atoms with Crippen LogP contribution < -0.4 is 11.1 Å². The summed E-state index contributed by atoms with van der Waals surface area (Å²) < 4.78 is 2.41. The van der Waals surface area contributed by atoms with E-state index in [1.807, 2.05) is 0 Å². The van der Waals surface area contributed by atoms with Gasteiger partial charge < -0.3 is 11.1 Å². The molecule has 0 aromatic carbocycles. The fraction of sp³-hybridized carbons (Fsp3) is 0.100. The third-order valence-corrected chi connectivity index (χ3v) is 2.51. The van der Waals surface area contributed by atoms with Gasteiger partial charge in [-0.05, 0) is 22.0 Å². The Morgan fingerprint density at radius 1 is 1.53 bits per heavy atom. The molecule has 0 saturated carbocycles. The van der Waals surface area contributed by atoms with Crippen molar-refractivity contribution in [3.05, 3.63) is 34.8 Å². The molecule has 17 heavy (non-hydrogen) atoms. The standard InChI is InChI=1S/C10H10BrN5O/c1-16-5-7(4-14-16)15-8-2-6(11)3-13-9(8)10(12)17/h2-5,15H,1H3,(H2,12,17). The van der Waals surface area contributed by atoms with Gasteiger partial charge in [0.15, 0.2) is 5.69 Å². The van der Waals surface area contributed by atoms with E-state index < -0.39 is 5.91 Å². The van der Waals surface area contributed by atoms with Crippen LogP contribution in [0.15, 0.2) is 29.1 Å². The average Bonchev–Trinajstić information content (AvgIpc) is 2.63. The third-order valence-electron chi connectivity index (χ3n) is 2.07. The fourth-order valence-electron chi connectivity index (χ4n) is 1.37. The van der Waals surface area contributed by atoms with Gasteiger partial charge in [-0.25, -0.2) is 4.98 Å². The average molecular weight is 296 g/mol. The Bertz CT molecular complexity index is 566. The SMILES string of the molecule is Cn1cc(Nc2cc(Br)cnc2C(N)=O)cn1. The van der Waals surface area contributed by atoms with Crippen molar-refractivity contribution in [2.75, 3.05) is 5.32 Å². The lowest BCUT2D eigenvalue weighted by atomic mass is 10.3. The van der Waals surface area contributed by atoms with Crippen LogP contribution in [0.1, 0.15) is 10.5 Å². The second-order valence-electron chi connectivity index (χ2n) is 3.44. The van der Waals surface area contributed by atoms with E-state index in [2.05, 4.69) is 31.3 Å². The number of nitrogens with two attached hydrogens (primary N) is 1. The lowest BCUT2D eigenvalue weighted by molar-refractivity contribution is 0.0996. The Labute approximate surface area is 106 Å². The van der Waals surface area contributed by atoms with Crippen LogP contribution in [-0.2, 0) is 7.05 Å². The summed E-state index contributed by atoms with van der Waals surface area (Å²) in [4.78, 5) is 15.2. The van der Waals surface area contributed by atoms with Gasteiger partial charge in [0.25, 0.3) is 5.91 Å². The molecule has 0 atom stereocenters. The number of halogens is 1. The molecule has 0 spiro atoms. The van der Waals surface area contributed by atoms with Gasteiger partial charge in [-0.3, -0.25) is 9.48 Å². The van der Waals surface area contributed by atoms with E-state index in [9.17, 15) is 4.79 Å². The minimum absolute atomic E-state index is 0.192. The predicted octanol–water partition coefficient (Wildman–Crippen LogP) is 1.42. The highest BCUT2D eigenvalue weighted by Gasteiger charge is 2.11. The predicted molar refractivity (Wildman–Crippen MR) is 66.9 cm³/mol. The lowest BCUT2D eigenvalue weighted by Gasteiger charge is -2.07. The summed E-state index contributed by atoms with van der Waals surface area (Å²) in [6.45, 7) is 0. The van der Waals surface area contributed by atoms with E-state index in [-0.39, 0.29) is 5.69 Å². The number of hydrogen-bond acceptors (Lipinski definition) is 4. The van der Waals surface area contributed by atoms with E-state index in [0.717, 1.165) is 10.2 Å². The molecule has 0 radical (unpaired) electrons. The molecule has 2 heterocycles. The van der Waals surface area contributed by atoms with Crippen molar-refractivity contribution in [2.24, 2.45) is 12.8 Å². The van der Waals surface area contributed by atoms with Gasteiger partial charge in [-0.15, -0.1) is 0 Å². The number of primary amides is 1. The maximum absolute atomic E-state index is 11.2. The zero-order valence-electron chi connectivity index (χ0n) is 9.01. The van der Waals surface area contributed by atoms with E-state index in [1.165, 1.54) is 6.20 Å². The Morgan fingerprint density at radius 3 is 2.88 bits per heavy atom. The molecule has 2 rings (SSSR count). The molecule has 0 fully saturated rings. The van der Waals surface area contributed by atoms with Gasteiger partial charge in [0.1, 0.15) is 0 Å². The first-order chi connectivity index (χ1) is 8.06. The quantitative estimate of drug-likeness (QED) is 0.897. The number of rotatable bonds is 3. The van der Waals surface area contributed by atoms with E-state index >= 15 is 0 Å². The number of nitrogens with zero attached hydrogens (tertiary/aromatic N) is 3. The molecule has 2 aromatic rings. The van der Waals surface area contributed by atoms with Crippen LogP contribution in [0, 0.1) is 0 Å². The number of carbonyl (C=O) groups excluding carboxylic acids is 1. The third kappa shape index (κ3) is 2.62. The minimum Gasteiger partial charge on any atom is -0.364 e. The molecule has 2 aromatic heterocycles. The molecular formula is C10H10BrN5O. The van der Waals surface area contributed by atoms with Gasteiger partial charge in [0.05, 0.1) is 17.6 Å². The zero-order valence-corrected chi connectivity index (χ0v) is 10.6. The first-order valence-corrected chi connectivity index (χ1v) is 5.56. The Balaban J connectivity index is 2.37. The van der Waals surface area contributed by atoms with E-state index in [1.54, 1.807) is 30.2 Å². The van der Waals surface area contributed by atoms with Gasteiger partial charge in [0, 0.05) is 23.9 Å². The van der Waals surface area contributed by atoms with Crippen LogP contribution in [0.2, 0.25) is 0 Å². The summed E-state index contributed by atoms with van der Waals surface area (Å²) in [5.41, 5.74) is 6.74. The Hall–Kier alpha value is -1.89. The van der Waals surface area contributed by atoms with Crippen LogP contribution in [0.5, 0.6) is 0 Å². The summed E-state index contributed by atoms with van der Waals surface area (Å²) in [5, 5.41) is 7.05. The fourth-order valence-corrected chi connectivity index (χ4v) is 1.70. The van der Waals surface area contributed by atoms with E-state index in [4.69, 9.17) is 5.73 Å². The second kappa shape index (κ2) is 4.54. The molecule has 6 nitrogen and oxygen atoms in total. The molecule has 7 heteroatoms. The topological polar surface area (TPSA) is 85.8 Å². The summed E-state index contributed by atoms with van der Waals surface area (Å²) in [7, 11) is 1.80. The van der Waals surface area contributed by atoms with E-state index in [0.29, 0.717) is 5.69 Å². The zero-order chi connectivity index (χ0) is 12.4. The molecule has 0 saturated heterocycles. The monoisotopic (exact) mass is 295 g/mol. The lowest BCUT2D eigenvalue weighted by Crippen LogP contribution is -2.15. The summed E-state index contributed by atoms with van der Waals surface area (Å²) in [6, 6.07) is 1.74. The highest BCUT2D eigenvalue weighted by Crippen LogP contribution is 2.22. The maximum Gasteiger partial charge on any atom is 0.269 e. The van der Waals surface area contributed by atoms with Gasteiger partial charge in [-0.2, -0.15) is 5.10 Å². The normalized spacial score (nSPS) is 10.2. The number of amides is 1. The largest absolute Gasteiger partial charge is 0.364 e. The highest BCUT2D eigenvalue weighted by atomic mass is 79.9. The smallest absolute Gasteiger partial charge is 0.269 e. The number of pyridine rings is 1. The molecule has 0 aliphatic rings. The minimum atomic E-state index is -0.580. The Kier molecular flexibility index (Phi) is 3.10. The summed E-state index contributed by atoms with van der Waals surface area (Å²) >= 11 is 3.29. The van der Waals surface area contributed by atoms with Crippen molar-refractivity contribution in [3.63, 3.8) is 0 Å². The summed E-state index contributed by atoms with van der Waals surface area (Å²) in [5.74, 6) is -0.580. The van der Waals surface area contributed by atoms with Gasteiger partial charge in [-0.1, -0.05) is 0 Å². The molecule has 0 aliphatic heterocycles. The maximum atomic E-state index is 11.2. The van der Waals surface area contributed by atoms with Crippen LogP contribution in [0.25, 0.3) is 0 Å². The van der Waals surface area contributed by atoms with Gasteiger partial charge in [0.2, 0.25) is 0 Å². The highest BCUT2D eigenvalue weighted by molar-refractivity contribution is 9.10. The Morgan fingerprint density at radius 2 is 2.29 bits per heavy atom. The number of anilines is 2. The van der Waals surface area contributed by atoms with Crippen molar-refractivity contribution >= 4 is 33.2 Å². The molecule has 0 unspecified atom stereocenters. The van der Waals surface area contributed by atoms with Crippen LogP contribution in [0.3, 0.4) is 0 Å². The number of aromatic nitrogens is 3. The number of nitrogens with one attached hydrogen (secondary N) is 1. The van der Waals surface area contributed by atoms with Gasteiger partial charge >= 0.3 is 0 Å². The number of aryl methyl sites for hydroxylation is 1. The van der Waals surface area contributed by atoms with Crippen molar-refractivity contribution in [2.45, 2.75) is 0 Å². The van der Waals surface area contributed by atoms with Crippen molar-refractivity contribution in [1.82, 2.24) is 14.8 Å². The van der Waals surface area contributed by atoms with Crippen molar-refractivity contribution in [1.29, 1.82) is 0 Å². The molecule has 88 valence electrons.